The van der Waals surface area contributed by atoms with Crippen molar-refractivity contribution in [2.45, 2.75) is 39.3 Å². The van der Waals surface area contributed by atoms with Crippen molar-refractivity contribution in [3.8, 4) is 5.75 Å². The van der Waals surface area contributed by atoms with Crippen molar-refractivity contribution in [1.82, 2.24) is 0 Å². The monoisotopic (exact) mass is 287 g/mol. The van der Waals surface area contributed by atoms with Crippen molar-refractivity contribution in [1.29, 1.82) is 0 Å². The SMILES string of the molecule is CCOc1ccc(NC(C)C2CC3C=CC2C3)cc1CO. The lowest BCUT2D eigenvalue weighted by Gasteiger charge is -2.27. The van der Waals surface area contributed by atoms with E-state index in [1.165, 1.54) is 12.8 Å². The van der Waals surface area contributed by atoms with Gasteiger partial charge in [0.1, 0.15) is 5.75 Å². The van der Waals surface area contributed by atoms with Crippen LogP contribution in [-0.2, 0) is 6.61 Å². The average molecular weight is 287 g/mol. The average Bonchev–Trinajstić information content (AvgIpc) is 3.11. The zero-order valence-corrected chi connectivity index (χ0v) is 12.9. The van der Waals surface area contributed by atoms with Gasteiger partial charge in [-0.2, -0.15) is 0 Å². The van der Waals surface area contributed by atoms with Crippen LogP contribution in [0.25, 0.3) is 0 Å². The van der Waals surface area contributed by atoms with Crippen molar-refractivity contribution in [3.05, 3.63) is 35.9 Å². The van der Waals surface area contributed by atoms with Gasteiger partial charge in [-0.3, -0.25) is 0 Å². The standard InChI is InChI=1S/C18H25NO2/c1-3-21-18-7-6-16(10-15(18)11-20)19-12(2)17-9-13-4-5-14(17)8-13/h4-7,10,12-14,17,19-20H,3,8-9,11H2,1-2H3. The minimum absolute atomic E-state index is 0.0100. The van der Waals surface area contributed by atoms with Crippen LogP contribution in [0, 0.1) is 17.8 Å². The zero-order chi connectivity index (χ0) is 14.8. The van der Waals surface area contributed by atoms with Crippen molar-refractivity contribution in [2.24, 2.45) is 17.8 Å². The number of rotatable bonds is 6. The molecule has 21 heavy (non-hydrogen) atoms. The molecule has 0 saturated heterocycles. The van der Waals surface area contributed by atoms with Crippen LogP contribution in [0.15, 0.2) is 30.4 Å². The lowest BCUT2D eigenvalue weighted by molar-refractivity contribution is 0.267. The van der Waals surface area contributed by atoms with E-state index in [-0.39, 0.29) is 6.61 Å². The van der Waals surface area contributed by atoms with Gasteiger partial charge in [-0.15, -0.1) is 0 Å². The first-order valence-corrected chi connectivity index (χ1v) is 8.02. The maximum Gasteiger partial charge on any atom is 0.124 e. The zero-order valence-electron chi connectivity index (χ0n) is 12.9. The molecule has 2 aliphatic carbocycles. The van der Waals surface area contributed by atoms with E-state index in [1.807, 2.05) is 25.1 Å². The van der Waals surface area contributed by atoms with Gasteiger partial charge >= 0.3 is 0 Å². The van der Waals surface area contributed by atoms with Gasteiger partial charge in [-0.1, -0.05) is 12.2 Å². The van der Waals surface area contributed by atoms with E-state index in [2.05, 4.69) is 24.4 Å². The number of anilines is 1. The summed E-state index contributed by atoms with van der Waals surface area (Å²) in [4.78, 5) is 0. The van der Waals surface area contributed by atoms with E-state index in [9.17, 15) is 5.11 Å². The van der Waals surface area contributed by atoms with Crippen LogP contribution >= 0.6 is 0 Å². The summed E-state index contributed by atoms with van der Waals surface area (Å²) in [7, 11) is 0. The first-order chi connectivity index (χ1) is 10.2. The second kappa shape index (κ2) is 6.10. The number of allylic oxidation sites excluding steroid dienone is 2. The molecule has 1 fully saturated rings. The van der Waals surface area contributed by atoms with Crippen LogP contribution in [0.2, 0.25) is 0 Å². The highest BCUT2D eigenvalue weighted by atomic mass is 16.5. The summed E-state index contributed by atoms with van der Waals surface area (Å²) in [6, 6.07) is 6.45. The number of fused-ring (bicyclic) bond motifs is 2. The van der Waals surface area contributed by atoms with Crippen LogP contribution in [0.5, 0.6) is 5.75 Å². The topological polar surface area (TPSA) is 41.5 Å². The largest absolute Gasteiger partial charge is 0.494 e. The molecule has 0 heterocycles. The van der Waals surface area contributed by atoms with Crippen LogP contribution < -0.4 is 10.1 Å². The second-order valence-corrected chi connectivity index (χ2v) is 6.29. The van der Waals surface area contributed by atoms with Crippen molar-refractivity contribution < 1.29 is 9.84 Å². The van der Waals surface area contributed by atoms with E-state index in [0.29, 0.717) is 12.6 Å². The third-order valence-electron chi connectivity index (χ3n) is 4.90. The molecule has 0 radical (unpaired) electrons. The van der Waals surface area contributed by atoms with Gasteiger partial charge in [0.25, 0.3) is 0 Å². The Hall–Kier alpha value is -1.48. The number of aliphatic hydroxyl groups is 1. The highest BCUT2D eigenvalue weighted by Gasteiger charge is 2.38. The molecule has 2 aliphatic rings. The molecule has 114 valence electrons. The summed E-state index contributed by atoms with van der Waals surface area (Å²) < 4.78 is 5.53. The number of hydrogen-bond acceptors (Lipinski definition) is 3. The molecule has 4 unspecified atom stereocenters. The fourth-order valence-corrected chi connectivity index (χ4v) is 3.86. The molecule has 0 aromatic heterocycles. The van der Waals surface area contributed by atoms with Gasteiger partial charge in [0.2, 0.25) is 0 Å². The molecule has 0 spiro atoms. The Labute approximate surface area is 127 Å². The van der Waals surface area contributed by atoms with Crippen LogP contribution in [0.1, 0.15) is 32.3 Å². The summed E-state index contributed by atoms with van der Waals surface area (Å²) in [6.07, 6.45) is 7.42. The lowest BCUT2D eigenvalue weighted by atomic mass is 9.87. The minimum atomic E-state index is 0.0100. The van der Waals surface area contributed by atoms with Gasteiger partial charge in [0.05, 0.1) is 13.2 Å². The lowest BCUT2D eigenvalue weighted by Crippen LogP contribution is -2.28. The Morgan fingerprint density at radius 3 is 2.81 bits per heavy atom. The highest BCUT2D eigenvalue weighted by molar-refractivity contribution is 5.51. The third kappa shape index (κ3) is 2.93. The number of hydrogen-bond donors (Lipinski definition) is 2. The molecule has 0 aliphatic heterocycles. The maximum atomic E-state index is 9.48. The van der Waals surface area contributed by atoms with Crippen LogP contribution in [-0.4, -0.2) is 17.8 Å². The number of aliphatic hydroxyl groups excluding tert-OH is 1. The summed E-state index contributed by atoms with van der Waals surface area (Å²) in [5.41, 5.74) is 1.92. The molecular formula is C18H25NO2. The molecule has 1 aromatic rings. The van der Waals surface area contributed by atoms with E-state index < -0.39 is 0 Å². The molecule has 3 nitrogen and oxygen atoms in total. The van der Waals surface area contributed by atoms with E-state index in [1.54, 1.807) is 0 Å². The molecule has 4 atom stereocenters. The van der Waals surface area contributed by atoms with E-state index in [4.69, 9.17) is 4.74 Å². The van der Waals surface area contributed by atoms with Gasteiger partial charge in [0.15, 0.2) is 0 Å². The Balaban J connectivity index is 1.68. The van der Waals surface area contributed by atoms with Crippen molar-refractivity contribution in [3.63, 3.8) is 0 Å². The Morgan fingerprint density at radius 1 is 1.33 bits per heavy atom. The molecule has 3 heteroatoms. The molecule has 0 amide bonds. The van der Waals surface area contributed by atoms with Gasteiger partial charge < -0.3 is 15.2 Å². The maximum absolute atomic E-state index is 9.48. The molecule has 3 rings (SSSR count). The predicted octanol–water partition coefficient (Wildman–Crippen LogP) is 3.59. The quantitative estimate of drug-likeness (QED) is 0.786. The minimum Gasteiger partial charge on any atom is -0.494 e. The van der Waals surface area contributed by atoms with Gasteiger partial charge in [-0.05, 0) is 62.6 Å². The third-order valence-corrected chi connectivity index (χ3v) is 4.90. The first-order valence-electron chi connectivity index (χ1n) is 8.02. The van der Waals surface area contributed by atoms with E-state index >= 15 is 0 Å². The second-order valence-electron chi connectivity index (χ2n) is 6.29. The molecular weight excluding hydrogens is 262 g/mol. The molecule has 2 bridgehead atoms. The normalized spacial score (nSPS) is 27.9. The molecule has 2 N–H and O–H groups in total. The van der Waals surface area contributed by atoms with E-state index in [0.717, 1.165) is 34.8 Å². The predicted molar refractivity (Wildman–Crippen MR) is 85.5 cm³/mol. The summed E-state index contributed by atoms with van der Waals surface area (Å²) in [5.74, 6) is 3.06. The Morgan fingerprint density at radius 2 is 2.19 bits per heavy atom. The summed E-state index contributed by atoms with van der Waals surface area (Å²) in [6.45, 7) is 4.86. The fraction of sp³-hybridized carbons (Fsp3) is 0.556. The molecule has 1 saturated carbocycles. The molecule has 1 aromatic carbocycles. The first kappa shape index (κ1) is 14.5. The van der Waals surface area contributed by atoms with Crippen LogP contribution in [0.3, 0.4) is 0 Å². The number of benzene rings is 1. The fourth-order valence-electron chi connectivity index (χ4n) is 3.86. The van der Waals surface area contributed by atoms with Gasteiger partial charge in [0, 0.05) is 17.3 Å². The number of nitrogens with one attached hydrogen (secondary N) is 1. The van der Waals surface area contributed by atoms with Crippen molar-refractivity contribution in [2.75, 3.05) is 11.9 Å². The van der Waals surface area contributed by atoms with Crippen molar-refractivity contribution >= 4 is 5.69 Å². The smallest absolute Gasteiger partial charge is 0.124 e. The van der Waals surface area contributed by atoms with Crippen LogP contribution in [0.4, 0.5) is 5.69 Å². The Kier molecular flexibility index (Phi) is 4.20. The highest BCUT2D eigenvalue weighted by Crippen LogP contribution is 2.45. The Bertz CT molecular complexity index is 526. The summed E-state index contributed by atoms with van der Waals surface area (Å²) in [5, 5.41) is 13.1. The summed E-state index contributed by atoms with van der Waals surface area (Å²) >= 11 is 0. The number of ether oxygens (including phenoxy) is 1. The van der Waals surface area contributed by atoms with Gasteiger partial charge in [-0.25, -0.2) is 0 Å².